The van der Waals surface area contributed by atoms with Gasteiger partial charge in [0.2, 0.25) is 0 Å². The topological polar surface area (TPSA) is 101 Å². The van der Waals surface area contributed by atoms with E-state index in [-0.39, 0.29) is 5.41 Å². The van der Waals surface area contributed by atoms with E-state index in [4.69, 9.17) is 9.47 Å². The van der Waals surface area contributed by atoms with Crippen molar-refractivity contribution in [1.29, 1.82) is 0 Å². The zero-order chi connectivity index (χ0) is 17.7. The van der Waals surface area contributed by atoms with Crippen LogP contribution in [0.15, 0.2) is 28.1 Å². The van der Waals surface area contributed by atoms with Crippen molar-refractivity contribution in [3.8, 4) is 11.5 Å². The maximum absolute atomic E-state index is 11.4. The van der Waals surface area contributed by atoms with Crippen LogP contribution < -0.4 is 20.6 Å². The smallest absolute Gasteiger partial charge is 0.363 e. The highest BCUT2D eigenvalue weighted by Gasteiger charge is 2.21. The fourth-order valence-electron chi connectivity index (χ4n) is 2.04. The van der Waals surface area contributed by atoms with Gasteiger partial charge >= 0.3 is 5.69 Å². The Bertz CT molecular complexity index is 793. The van der Waals surface area contributed by atoms with Gasteiger partial charge in [-0.3, -0.25) is 5.43 Å². The lowest BCUT2D eigenvalue weighted by Crippen LogP contribution is -2.24. The molecular formula is C16H21N5O3. The summed E-state index contributed by atoms with van der Waals surface area (Å²) in [5.41, 5.74) is 3.37. The number of hydrogen-bond acceptors (Lipinski definition) is 7. The van der Waals surface area contributed by atoms with Gasteiger partial charge in [0.25, 0.3) is 0 Å². The average molecular weight is 331 g/mol. The molecule has 2 aromatic rings. The number of hydrazone groups is 1. The molecule has 0 fully saturated rings. The van der Waals surface area contributed by atoms with Crippen molar-refractivity contribution in [3.63, 3.8) is 0 Å². The summed E-state index contributed by atoms with van der Waals surface area (Å²) in [4.78, 5) is 15.3. The second-order valence-electron chi connectivity index (χ2n) is 6.07. The minimum Gasteiger partial charge on any atom is -0.493 e. The molecule has 0 saturated heterocycles. The molecule has 0 radical (unpaired) electrons. The van der Waals surface area contributed by atoms with E-state index in [9.17, 15) is 4.79 Å². The minimum atomic E-state index is -0.535. The molecular weight excluding hydrogens is 310 g/mol. The van der Waals surface area contributed by atoms with Crippen LogP contribution in [-0.4, -0.2) is 35.6 Å². The van der Waals surface area contributed by atoms with E-state index in [1.54, 1.807) is 32.6 Å². The van der Waals surface area contributed by atoms with Crippen LogP contribution in [0.4, 0.5) is 5.82 Å². The summed E-state index contributed by atoms with van der Waals surface area (Å²) in [6, 6.07) is 5.41. The number of nitrogens with zero attached hydrogens (tertiary/aromatic N) is 3. The molecule has 0 amide bonds. The van der Waals surface area contributed by atoms with Gasteiger partial charge in [-0.05, 0) is 23.8 Å². The molecule has 0 aliphatic carbocycles. The van der Waals surface area contributed by atoms with Crippen LogP contribution in [0.1, 0.15) is 32.0 Å². The average Bonchev–Trinajstić information content (AvgIpc) is 2.53. The first-order valence-electron chi connectivity index (χ1n) is 7.33. The first-order valence-corrected chi connectivity index (χ1v) is 7.33. The molecule has 2 N–H and O–H groups in total. The van der Waals surface area contributed by atoms with E-state index in [1.165, 1.54) is 0 Å². The molecule has 0 aliphatic heterocycles. The monoisotopic (exact) mass is 331 g/mol. The maximum Gasteiger partial charge on any atom is 0.363 e. The highest BCUT2D eigenvalue weighted by Crippen LogP contribution is 2.27. The van der Waals surface area contributed by atoms with E-state index < -0.39 is 5.69 Å². The molecule has 1 aromatic carbocycles. The number of hydrogen-bond donors (Lipinski definition) is 2. The number of H-pyrrole nitrogens is 1. The quantitative estimate of drug-likeness (QED) is 0.641. The second kappa shape index (κ2) is 7.12. The van der Waals surface area contributed by atoms with Crippen molar-refractivity contribution in [2.24, 2.45) is 5.10 Å². The van der Waals surface area contributed by atoms with Crippen molar-refractivity contribution in [2.45, 2.75) is 26.2 Å². The third-order valence-electron chi connectivity index (χ3n) is 3.20. The van der Waals surface area contributed by atoms with Gasteiger partial charge in [-0.15, -0.1) is 0 Å². The Kier molecular flexibility index (Phi) is 5.18. The number of benzene rings is 1. The number of nitrogens with one attached hydrogen (secondary N) is 2. The SMILES string of the molecule is COc1ccc(/C=N/Nc2nc(=O)[nH]nc2C(C)(C)C)cc1OC. The van der Waals surface area contributed by atoms with Gasteiger partial charge in [-0.1, -0.05) is 20.8 Å². The van der Waals surface area contributed by atoms with E-state index in [0.29, 0.717) is 23.0 Å². The van der Waals surface area contributed by atoms with Crippen LogP contribution in [0.5, 0.6) is 11.5 Å². The molecule has 0 saturated carbocycles. The van der Waals surface area contributed by atoms with Crippen LogP contribution in [0, 0.1) is 0 Å². The third kappa shape index (κ3) is 4.09. The van der Waals surface area contributed by atoms with Gasteiger partial charge in [0.05, 0.1) is 20.4 Å². The zero-order valence-corrected chi connectivity index (χ0v) is 14.4. The molecule has 0 bridgehead atoms. The van der Waals surface area contributed by atoms with Gasteiger partial charge < -0.3 is 9.47 Å². The Morgan fingerprint density at radius 2 is 1.92 bits per heavy atom. The van der Waals surface area contributed by atoms with Gasteiger partial charge in [-0.2, -0.15) is 15.2 Å². The fourth-order valence-corrected chi connectivity index (χ4v) is 2.04. The van der Waals surface area contributed by atoms with Crippen molar-refractivity contribution < 1.29 is 9.47 Å². The predicted molar refractivity (Wildman–Crippen MR) is 92.1 cm³/mol. The Labute approximate surface area is 139 Å². The van der Waals surface area contributed by atoms with E-state index >= 15 is 0 Å². The number of ether oxygens (including phenoxy) is 2. The second-order valence-corrected chi connectivity index (χ2v) is 6.07. The summed E-state index contributed by atoms with van der Waals surface area (Å²) in [7, 11) is 3.14. The third-order valence-corrected chi connectivity index (χ3v) is 3.20. The lowest BCUT2D eigenvalue weighted by molar-refractivity contribution is 0.355. The molecule has 0 unspecified atom stereocenters. The zero-order valence-electron chi connectivity index (χ0n) is 14.4. The lowest BCUT2D eigenvalue weighted by Gasteiger charge is -2.18. The van der Waals surface area contributed by atoms with Crippen molar-refractivity contribution in [3.05, 3.63) is 39.9 Å². The predicted octanol–water partition coefficient (Wildman–Crippen LogP) is 1.93. The van der Waals surface area contributed by atoms with E-state index in [0.717, 1.165) is 5.56 Å². The van der Waals surface area contributed by atoms with Gasteiger partial charge in [-0.25, -0.2) is 9.89 Å². The molecule has 8 nitrogen and oxygen atoms in total. The maximum atomic E-state index is 11.4. The molecule has 1 aromatic heterocycles. The summed E-state index contributed by atoms with van der Waals surface area (Å²) in [6.07, 6.45) is 1.59. The highest BCUT2D eigenvalue weighted by atomic mass is 16.5. The number of rotatable bonds is 5. The minimum absolute atomic E-state index is 0.293. The lowest BCUT2D eigenvalue weighted by atomic mass is 9.92. The molecule has 1 heterocycles. The summed E-state index contributed by atoms with van der Waals surface area (Å²) in [5.74, 6) is 1.56. The molecule has 0 aliphatic rings. The van der Waals surface area contributed by atoms with Crippen LogP contribution >= 0.6 is 0 Å². The number of anilines is 1. The summed E-state index contributed by atoms with van der Waals surface area (Å²) in [5, 5.41) is 10.5. The van der Waals surface area contributed by atoms with E-state index in [1.807, 2.05) is 26.8 Å². The van der Waals surface area contributed by atoms with Crippen LogP contribution in [0.2, 0.25) is 0 Å². The molecule has 128 valence electrons. The molecule has 8 heteroatoms. The van der Waals surface area contributed by atoms with E-state index in [2.05, 4.69) is 25.7 Å². The van der Waals surface area contributed by atoms with Gasteiger partial charge in [0, 0.05) is 5.41 Å². The van der Waals surface area contributed by atoms with Crippen molar-refractivity contribution in [2.75, 3.05) is 19.6 Å². The Balaban J connectivity index is 2.23. The molecule has 0 spiro atoms. The van der Waals surface area contributed by atoms with Crippen LogP contribution in [-0.2, 0) is 5.41 Å². The summed E-state index contributed by atoms with van der Waals surface area (Å²) < 4.78 is 10.4. The van der Waals surface area contributed by atoms with Gasteiger partial charge in [0.15, 0.2) is 17.3 Å². The van der Waals surface area contributed by atoms with Crippen molar-refractivity contribution >= 4 is 12.0 Å². The number of aromatic amines is 1. The highest BCUT2D eigenvalue weighted by molar-refractivity contribution is 5.81. The number of aromatic nitrogens is 3. The fraction of sp³-hybridized carbons (Fsp3) is 0.375. The Morgan fingerprint density at radius 3 is 2.54 bits per heavy atom. The van der Waals surface area contributed by atoms with Gasteiger partial charge in [0.1, 0.15) is 5.69 Å². The largest absolute Gasteiger partial charge is 0.493 e. The first-order chi connectivity index (χ1) is 11.3. The summed E-state index contributed by atoms with van der Waals surface area (Å²) in [6.45, 7) is 5.91. The standard InChI is InChI=1S/C16H21N5O3/c1-16(2,3)13-14(18-15(22)21-19-13)20-17-9-10-6-7-11(23-4)12(8-10)24-5/h6-9H,1-5H3,(H2,18,20,21,22)/b17-9+. The molecule has 0 atom stereocenters. The molecule has 2 rings (SSSR count). The number of methoxy groups -OCH3 is 2. The Hall–Kier alpha value is -2.90. The normalized spacial score (nSPS) is 11.5. The summed E-state index contributed by atoms with van der Waals surface area (Å²) >= 11 is 0. The Morgan fingerprint density at radius 1 is 1.21 bits per heavy atom. The first kappa shape index (κ1) is 17.5. The van der Waals surface area contributed by atoms with Crippen molar-refractivity contribution in [1.82, 2.24) is 15.2 Å². The molecule has 24 heavy (non-hydrogen) atoms. The van der Waals surface area contributed by atoms with Crippen LogP contribution in [0.3, 0.4) is 0 Å². The van der Waals surface area contributed by atoms with Crippen LogP contribution in [0.25, 0.3) is 0 Å².